The molecule has 0 bridgehead atoms. The minimum Gasteiger partial charge on any atom is -0.356 e. The molecule has 3 rings (SSSR count). The largest absolute Gasteiger partial charge is 0.356 e. The average molecular weight is 484 g/mol. The van der Waals surface area contributed by atoms with Crippen molar-refractivity contribution < 1.29 is 4.79 Å². The first-order valence-corrected chi connectivity index (χ1v) is 10.0. The third-order valence-corrected chi connectivity index (χ3v) is 5.90. The molecule has 2 aliphatic carbocycles. The van der Waals surface area contributed by atoms with Gasteiger partial charge in [0.25, 0.3) is 0 Å². The van der Waals surface area contributed by atoms with E-state index in [-0.39, 0.29) is 41.8 Å². The summed E-state index contributed by atoms with van der Waals surface area (Å²) in [5.74, 6) is 0.757. The van der Waals surface area contributed by atoms with Crippen molar-refractivity contribution in [2.75, 3.05) is 20.1 Å². The number of carbonyl (C=O) groups is 1. The third kappa shape index (κ3) is 6.09. The molecule has 1 amide bonds. The number of hydrogen-bond acceptors (Lipinski definition) is 2. The second kappa shape index (κ2) is 10.9. The maximum atomic E-state index is 12.2. The SMILES string of the molecule is CN=C(NCC(=O)NC1CCCCC1)NCC1(c2ccccc2)CCC1.I. The molecular formula is C21H33IN4O. The van der Waals surface area contributed by atoms with E-state index >= 15 is 0 Å². The van der Waals surface area contributed by atoms with Crippen molar-refractivity contribution in [1.29, 1.82) is 0 Å². The molecule has 5 nitrogen and oxygen atoms in total. The molecule has 27 heavy (non-hydrogen) atoms. The minimum absolute atomic E-state index is 0. The van der Waals surface area contributed by atoms with Crippen LogP contribution in [0.3, 0.4) is 0 Å². The Morgan fingerprint density at radius 1 is 1.07 bits per heavy atom. The van der Waals surface area contributed by atoms with E-state index in [1.807, 2.05) is 0 Å². The zero-order chi connectivity index (χ0) is 18.2. The summed E-state index contributed by atoms with van der Waals surface area (Å²) in [6.45, 7) is 1.12. The lowest BCUT2D eigenvalue weighted by Crippen LogP contribution is -2.51. The van der Waals surface area contributed by atoms with Gasteiger partial charge in [-0.15, -0.1) is 24.0 Å². The van der Waals surface area contributed by atoms with Gasteiger partial charge in [-0.05, 0) is 31.2 Å². The molecule has 0 unspecified atom stereocenters. The number of rotatable bonds is 6. The molecule has 2 saturated carbocycles. The van der Waals surface area contributed by atoms with Gasteiger partial charge in [-0.1, -0.05) is 56.0 Å². The summed E-state index contributed by atoms with van der Waals surface area (Å²) in [6.07, 6.45) is 9.63. The quantitative estimate of drug-likeness (QED) is 0.330. The van der Waals surface area contributed by atoms with Crippen molar-refractivity contribution in [2.45, 2.75) is 62.8 Å². The number of nitrogens with zero attached hydrogens (tertiary/aromatic N) is 1. The van der Waals surface area contributed by atoms with Gasteiger partial charge < -0.3 is 16.0 Å². The first kappa shape index (κ1) is 22.0. The number of halogens is 1. The molecule has 3 N–H and O–H groups in total. The van der Waals surface area contributed by atoms with E-state index in [4.69, 9.17) is 0 Å². The topological polar surface area (TPSA) is 65.5 Å². The number of guanidine groups is 1. The van der Waals surface area contributed by atoms with E-state index in [1.165, 1.54) is 44.1 Å². The van der Waals surface area contributed by atoms with Crippen LogP contribution in [-0.2, 0) is 10.2 Å². The van der Waals surface area contributed by atoms with Gasteiger partial charge in [0.2, 0.25) is 5.91 Å². The monoisotopic (exact) mass is 484 g/mol. The Kier molecular flexibility index (Phi) is 8.86. The Morgan fingerprint density at radius 3 is 2.37 bits per heavy atom. The van der Waals surface area contributed by atoms with Crippen molar-refractivity contribution in [1.82, 2.24) is 16.0 Å². The predicted octanol–water partition coefficient (Wildman–Crippen LogP) is 3.34. The van der Waals surface area contributed by atoms with Gasteiger partial charge in [0.05, 0.1) is 6.54 Å². The summed E-state index contributed by atoms with van der Waals surface area (Å²) >= 11 is 0. The van der Waals surface area contributed by atoms with Crippen LogP contribution in [-0.4, -0.2) is 38.0 Å². The average Bonchev–Trinajstić information content (AvgIpc) is 2.65. The van der Waals surface area contributed by atoms with Gasteiger partial charge in [0.15, 0.2) is 5.96 Å². The summed E-state index contributed by atoms with van der Waals surface area (Å²) in [6, 6.07) is 11.1. The van der Waals surface area contributed by atoms with Crippen LogP contribution in [0.1, 0.15) is 56.9 Å². The van der Waals surface area contributed by atoms with E-state index in [0.717, 1.165) is 19.4 Å². The standard InChI is InChI=1S/C21H32N4O.HI/c1-22-20(23-15-19(26)25-18-11-6-3-7-12-18)24-16-21(13-8-14-21)17-9-4-2-5-10-17;/h2,4-5,9-10,18H,3,6-8,11-16H2,1H3,(H,25,26)(H2,22,23,24);1H. The van der Waals surface area contributed by atoms with E-state index in [9.17, 15) is 4.79 Å². The van der Waals surface area contributed by atoms with Crippen LogP contribution in [0.4, 0.5) is 0 Å². The lowest BCUT2D eigenvalue weighted by Gasteiger charge is -2.43. The fraction of sp³-hybridized carbons (Fsp3) is 0.619. The molecule has 150 valence electrons. The number of hydrogen-bond donors (Lipinski definition) is 3. The molecule has 1 aromatic rings. The van der Waals surface area contributed by atoms with Crippen molar-refractivity contribution >= 4 is 35.8 Å². The van der Waals surface area contributed by atoms with Crippen LogP contribution < -0.4 is 16.0 Å². The second-order valence-corrected chi connectivity index (χ2v) is 7.68. The Balaban J connectivity index is 0.00000261. The smallest absolute Gasteiger partial charge is 0.239 e. The summed E-state index contributed by atoms with van der Waals surface area (Å²) in [5, 5.41) is 9.72. The normalized spacial score (nSPS) is 19.4. The maximum Gasteiger partial charge on any atom is 0.239 e. The van der Waals surface area contributed by atoms with E-state index < -0.39 is 0 Å². The van der Waals surface area contributed by atoms with E-state index in [1.54, 1.807) is 7.05 Å². The lowest BCUT2D eigenvalue weighted by atomic mass is 9.64. The van der Waals surface area contributed by atoms with Crippen LogP contribution in [0, 0.1) is 0 Å². The van der Waals surface area contributed by atoms with Gasteiger partial charge >= 0.3 is 0 Å². The van der Waals surface area contributed by atoms with Crippen molar-refractivity contribution in [2.24, 2.45) is 4.99 Å². The maximum absolute atomic E-state index is 12.2. The molecule has 0 aromatic heterocycles. The van der Waals surface area contributed by atoms with Crippen molar-refractivity contribution in [3.63, 3.8) is 0 Å². The number of aliphatic imine (C=N–C) groups is 1. The molecule has 2 fully saturated rings. The summed E-state index contributed by atoms with van der Waals surface area (Å²) in [7, 11) is 1.75. The van der Waals surface area contributed by atoms with Crippen LogP contribution in [0.25, 0.3) is 0 Å². The molecule has 2 aliphatic rings. The van der Waals surface area contributed by atoms with Gasteiger partial charge in [-0.25, -0.2) is 0 Å². The second-order valence-electron chi connectivity index (χ2n) is 7.68. The highest BCUT2D eigenvalue weighted by atomic mass is 127. The predicted molar refractivity (Wildman–Crippen MR) is 122 cm³/mol. The Bertz CT molecular complexity index is 610. The summed E-state index contributed by atoms with van der Waals surface area (Å²) in [4.78, 5) is 16.4. The summed E-state index contributed by atoms with van der Waals surface area (Å²) in [5.41, 5.74) is 1.59. The summed E-state index contributed by atoms with van der Waals surface area (Å²) < 4.78 is 0. The fourth-order valence-electron chi connectivity index (χ4n) is 4.13. The Morgan fingerprint density at radius 2 is 1.78 bits per heavy atom. The molecule has 0 heterocycles. The minimum atomic E-state index is 0. The Hall–Kier alpha value is -1.31. The van der Waals surface area contributed by atoms with Gasteiger partial charge in [0, 0.05) is 25.0 Å². The number of nitrogens with one attached hydrogen (secondary N) is 3. The molecule has 0 radical (unpaired) electrons. The van der Waals surface area contributed by atoms with Gasteiger partial charge in [-0.3, -0.25) is 9.79 Å². The third-order valence-electron chi connectivity index (χ3n) is 5.90. The lowest BCUT2D eigenvalue weighted by molar-refractivity contribution is -0.120. The van der Waals surface area contributed by atoms with Gasteiger partial charge in [0.1, 0.15) is 0 Å². The van der Waals surface area contributed by atoms with E-state index in [2.05, 4.69) is 51.3 Å². The zero-order valence-corrected chi connectivity index (χ0v) is 18.6. The number of benzene rings is 1. The highest BCUT2D eigenvalue weighted by molar-refractivity contribution is 14.0. The number of amides is 1. The number of carbonyl (C=O) groups excluding carboxylic acids is 1. The first-order valence-electron chi connectivity index (χ1n) is 10.0. The molecule has 6 heteroatoms. The van der Waals surface area contributed by atoms with Crippen molar-refractivity contribution in [3.05, 3.63) is 35.9 Å². The first-order chi connectivity index (χ1) is 12.7. The fourth-order valence-corrected chi connectivity index (χ4v) is 4.13. The van der Waals surface area contributed by atoms with Crippen LogP contribution in [0.5, 0.6) is 0 Å². The Labute approximate surface area is 180 Å². The van der Waals surface area contributed by atoms with Gasteiger partial charge in [-0.2, -0.15) is 0 Å². The molecule has 0 saturated heterocycles. The van der Waals surface area contributed by atoms with Crippen LogP contribution in [0.2, 0.25) is 0 Å². The molecule has 1 aromatic carbocycles. The molecule has 0 spiro atoms. The zero-order valence-electron chi connectivity index (χ0n) is 16.3. The highest BCUT2D eigenvalue weighted by Crippen LogP contribution is 2.43. The van der Waals surface area contributed by atoms with Crippen LogP contribution in [0.15, 0.2) is 35.3 Å². The van der Waals surface area contributed by atoms with E-state index in [0.29, 0.717) is 12.0 Å². The molecule has 0 aliphatic heterocycles. The highest BCUT2D eigenvalue weighted by Gasteiger charge is 2.38. The van der Waals surface area contributed by atoms with Crippen LogP contribution >= 0.6 is 24.0 Å². The van der Waals surface area contributed by atoms with Crippen molar-refractivity contribution in [3.8, 4) is 0 Å². The molecular weight excluding hydrogens is 451 g/mol. The molecule has 0 atom stereocenters.